The molecule has 178 valence electrons. The van der Waals surface area contributed by atoms with E-state index < -0.39 is 6.10 Å². The van der Waals surface area contributed by atoms with Crippen LogP contribution in [0.4, 0.5) is 10.5 Å². The highest BCUT2D eigenvalue weighted by atomic mass is 16.3. The molecular formula is C26H36N4O3. The number of anilines is 1. The second-order valence-corrected chi connectivity index (χ2v) is 9.21. The summed E-state index contributed by atoms with van der Waals surface area (Å²) in [4.78, 5) is 17.2. The summed E-state index contributed by atoms with van der Waals surface area (Å²) >= 11 is 0. The molecule has 2 aliphatic heterocycles. The standard InChI is InChI=1S/C26H36N4O3/c31-19-22-9-6-14-30(22)18-23(32)17-29-15-12-21(13-16-29)27-26(33)28-25-11-5-4-10-24(25)20-7-2-1-3-8-20/h1-5,7-8,10-11,21-23,31-32H,6,9,12-19H2,(H2,27,28,33)/t22-,23?/m0/s1. The Morgan fingerprint density at radius 1 is 0.970 bits per heavy atom. The largest absolute Gasteiger partial charge is 0.395 e. The molecule has 2 amide bonds. The summed E-state index contributed by atoms with van der Waals surface area (Å²) in [6.07, 6.45) is 3.41. The average Bonchev–Trinajstić information content (AvgIpc) is 3.28. The molecule has 0 radical (unpaired) electrons. The summed E-state index contributed by atoms with van der Waals surface area (Å²) in [5.41, 5.74) is 2.86. The molecule has 0 bridgehead atoms. The lowest BCUT2D eigenvalue weighted by Gasteiger charge is -2.34. The molecule has 2 saturated heterocycles. The predicted octanol–water partition coefficient (Wildman–Crippen LogP) is 2.76. The normalized spacial score (nSPS) is 21.1. The summed E-state index contributed by atoms with van der Waals surface area (Å²) < 4.78 is 0. The van der Waals surface area contributed by atoms with Gasteiger partial charge in [-0.2, -0.15) is 0 Å². The van der Waals surface area contributed by atoms with E-state index in [9.17, 15) is 15.0 Å². The van der Waals surface area contributed by atoms with Crippen molar-refractivity contribution in [1.82, 2.24) is 15.1 Å². The van der Waals surface area contributed by atoms with Gasteiger partial charge in [-0.05, 0) is 43.9 Å². The molecule has 0 aliphatic carbocycles. The molecule has 4 rings (SSSR count). The van der Waals surface area contributed by atoms with Crippen molar-refractivity contribution in [3.63, 3.8) is 0 Å². The molecule has 0 aromatic heterocycles. The summed E-state index contributed by atoms with van der Waals surface area (Å²) in [6, 6.07) is 18.0. The number of β-amino-alcohol motifs (C(OH)–C–C–N with tert-alkyl or cyclic N) is 1. The average molecular weight is 453 g/mol. The summed E-state index contributed by atoms with van der Waals surface area (Å²) in [6.45, 7) is 4.08. The molecule has 2 aromatic carbocycles. The molecule has 33 heavy (non-hydrogen) atoms. The molecule has 2 heterocycles. The third kappa shape index (κ3) is 6.54. The Bertz CT molecular complexity index is 886. The van der Waals surface area contributed by atoms with Crippen molar-refractivity contribution >= 4 is 11.7 Å². The van der Waals surface area contributed by atoms with Crippen LogP contribution in [-0.4, -0.2) is 83.6 Å². The molecule has 2 atom stereocenters. The van der Waals surface area contributed by atoms with Crippen molar-refractivity contribution in [1.29, 1.82) is 0 Å². The number of hydrogen-bond acceptors (Lipinski definition) is 5. The fraction of sp³-hybridized carbons (Fsp3) is 0.500. The third-order valence-electron chi connectivity index (χ3n) is 6.81. The lowest BCUT2D eigenvalue weighted by Crippen LogP contribution is -2.49. The van der Waals surface area contributed by atoms with E-state index in [2.05, 4.69) is 20.4 Å². The zero-order chi connectivity index (χ0) is 23.0. The van der Waals surface area contributed by atoms with Crippen LogP contribution in [0.25, 0.3) is 11.1 Å². The molecule has 7 heteroatoms. The highest BCUT2D eigenvalue weighted by Crippen LogP contribution is 2.27. The first-order valence-corrected chi connectivity index (χ1v) is 12.1. The molecular weight excluding hydrogens is 416 g/mol. The summed E-state index contributed by atoms with van der Waals surface area (Å²) in [5.74, 6) is 0. The van der Waals surface area contributed by atoms with Crippen molar-refractivity contribution in [2.75, 3.05) is 44.6 Å². The van der Waals surface area contributed by atoms with E-state index in [-0.39, 0.29) is 24.7 Å². The minimum atomic E-state index is -0.417. The Balaban J connectivity index is 1.22. The van der Waals surface area contributed by atoms with E-state index in [0.717, 1.165) is 62.1 Å². The second-order valence-electron chi connectivity index (χ2n) is 9.21. The topological polar surface area (TPSA) is 88.1 Å². The molecule has 4 N–H and O–H groups in total. The number of para-hydroxylation sites is 1. The van der Waals surface area contributed by atoms with Gasteiger partial charge in [-0.1, -0.05) is 48.5 Å². The Morgan fingerprint density at radius 3 is 2.45 bits per heavy atom. The Labute approximate surface area is 196 Å². The third-order valence-corrected chi connectivity index (χ3v) is 6.81. The molecule has 2 aliphatic rings. The first kappa shape index (κ1) is 23.7. The Hall–Kier alpha value is -2.45. The van der Waals surface area contributed by atoms with E-state index in [1.165, 1.54) is 0 Å². The van der Waals surface area contributed by atoms with Gasteiger partial charge in [-0.3, -0.25) is 4.90 Å². The molecule has 0 spiro atoms. The number of amides is 2. The van der Waals surface area contributed by atoms with Crippen LogP contribution in [0.1, 0.15) is 25.7 Å². The number of benzene rings is 2. The van der Waals surface area contributed by atoms with E-state index in [1.54, 1.807) is 0 Å². The zero-order valence-corrected chi connectivity index (χ0v) is 19.2. The summed E-state index contributed by atoms with van der Waals surface area (Å²) in [5, 5.41) is 26.1. The maximum atomic E-state index is 12.7. The monoisotopic (exact) mass is 452 g/mol. The van der Waals surface area contributed by atoms with E-state index in [1.807, 2.05) is 54.6 Å². The SMILES string of the molecule is O=C(Nc1ccccc1-c1ccccc1)NC1CCN(CC(O)CN2CCC[C@H]2CO)CC1. The quantitative estimate of drug-likeness (QED) is 0.495. The minimum Gasteiger partial charge on any atom is -0.395 e. The van der Waals surface area contributed by atoms with Gasteiger partial charge in [0.2, 0.25) is 0 Å². The number of nitrogens with zero attached hydrogens (tertiary/aromatic N) is 2. The second kappa shape index (κ2) is 11.6. The molecule has 1 unspecified atom stereocenters. The Morgan fingerprint density at radius 2 is 1.70 bits per heavy atom. The van der Waals surface area contributed by atoms with Crippen molar-refractivity contribution < 1.29 is 15.0 Å². The number of urea groups is 1. The number of rotatable bonds is 8. The van der Waals surface area contributed by atoms with Crippen LogP contribution in [0.5, 0.6) is 0 Å². The number of hydrogen-bond donors (Lipinski definition) is 4. The number of likely N-dealkylation sites (tertiary alicyclic amines) is 2. The van der Waals surface area contributed by atoms with Crippen molar-refractivity contribution in [3.05, 3.63) is 54.6 Å². The predicted molar refractivity (Wildman–Crippen MR) is 131 cm³/mol. The minimum absolute atomic E-state index is 0.125. The summed E-state index contributed by atoms with van der Waals surface area (Å²) in [7, 11) is 0. The van der Waals surface area contributed by atoms with Gasteiger partial charge in [0, 0.05) is 43.8 Å². The van der Waals surface area contributed by atoms with Gasteiger partial charge >= 0.3 is 6.03 Å². The van der Waals surface area contributed by atoms with Crippen LogP contribution < -0.4 is 10.6 Å². The first-order chi connectivity index (χ1) is 16.1. The number of carbonyl (C=O) groups is 1. The van der Waals surface area contributed by atoms with Gasteiger partial charge in [0.15, 0.2) is 0 Å². The number of aliphatic hydroxyl groups excluding tert-OH is 2. The van der Waals surface area contributed by atoms with Crippen molar-refractivity contribution in [3.8, 4) is 11.1 Å². The van der Waals surface area contributed by atoms with Crippen LogP contribution in [0, 0.1) is 0 Å². The maximum absolute atomic E-state index is 12.7. The van der Waals surface area contributed by atoms with Crippen LogP contribution in [0.3, 0.4) is 0 Å². The zero-order valence-electron chi connectivity index (χ0n) is 19.2. The van der Waals surface area contributed by atoms with Crippen molar-refractivity contribution in [2.45, 2.75) is 43.9 Å². The lowest BCUT2D eigenvalue weighted by atomic mass is 10.0. The van der Waals surface area contributed by atoms with Gasteiger partial charge in [-0.25, -0.2) is 4.79 Å². The highest BCUT2D eigenvalue weighted by Gasteiger charge is 2.27. The van der Waals surface area contributed by atoms with Crippen LogP contribution in [0.15, 0.2) is 54.6 Å². The van der Waals surface area contributed by atoms with Gasteiger partial charge in [0.25, 0.3) is 0 Å². The van der Waals surface area contributed by atoms with Gasteiger partial charge in [-0.15, -0.1) is 0 Å². The van der Waals surface area contributed by atoms with E-state index in [0.29, 0.717) is 13.1 Å². The fourth-order valence-corrected chi connectivity index (χ4v) is 5.03. The molecule has 2 fully saturated rings. The smallest absolute Gasteiger partial charge is 0.319 e. The highest BCUT2D eigenvalue weighted by molar-refractivity contribution is 5.94. The van der Waals surface area contributed by atoms with Crippen LogP contribution >= 0.6 is 0 Å². The van der Waals surface area contributed by atoms with Crippen LogP contribution in [-0.2, 0) is 0 Å². The number of aliphatic hydroxyl groups is 2. The van der Waals surface area contributed by atoms with Crippen LogP contribution in [0.2, 0.25) is 0 Å². The molecule has 2 aromatic rings. The maximum Gasteiger partial charge on any atom is 0.319 e. The molecule has 0 saturated carbocycles. The first-order valence-electron chi connectivity index (χ1n) is 12.1. The number of nitrogens with one attached hydrogen (secondary N) is 2. The Kier molecular flexibility index (Phi) is 8.34. The van der Waals surface area contributed by atoms with Gasteiger partial charge < -0.3 is 25.7 Å². The number of carbonyl (C=O) groups excluding carboxylic acids is 1. The molecule has 7 nitrogen and oxygen atoms in total. The fourth-order valence-electron chi connectivity index (χ4n) is 5.03. The number of piperidine rings is 1. The lowest BCUT2D eigenvalue weighted by molar-refractivity contribution is 0.0506. The van der Waals surface area contributed by atoms with Gasteiger partial charge in [0.1, 0.15) is 0 Å². The van der Waals surface area contributed by atoms with E-state index >= 15 is 0 Å². The van der Waals surface area contributed by atoms with Crippen molar-refractivity contribution in [2.24, 2.45) is 0 Å². The van der Waals surface area contributed by atoms with E-state index in [4.69, 9.17) is 0 Å². The van der Waals surface area contributed by atoms with Gasteiger partial charge in [0.05, 0.1) is 18.4 Å².